The average Bonchev–Trinajstić information content (AvgIpc) is 2.98. The monoisotopic (exact) mass is 338 g/mol. The number of carbonyl (C=O) groups excluding carboxylic acids is 2. The lowest BCUT2D eigenvalue weighted by molar-refractivity contribution is -0.139. The molecule has 2 aromatic heterocycles. The number of nitrogens with zero attached hydrogens (tertiary/aromatic N) is 1. The molecule has 0 radical (unpaired) electrons. The van der Waals surface area contributed by atoms with Gasteiger partial charge in [-0.05, 0) is 36.8 Å². The van der Waals surface area contributed by atoms with Crippen molar-refractivity contribution in [3.8, 4) is 5.75 Å². The Hall–Kier alpha value is -3.15. The molecule has 3 aromatic rings. The van der Waals surface area contributed by atoms with Crippen molar-refractivity contribution in [2.24, 2.45) is 0 Å². The molecule has 128 valence electrons. The maximum atomic E-state index is 12.9. The first-order valence-electron chi connectivity index (χ1n) is 7.76. The molecule has 0 aliphatic carbocycles. The van der Waals surface area contributed by atoms with Crippen molar-refractivity contribution in [1.29, 1.82) is 0 Å². The summed E-state index contributed by atoms with van der Waals surface area (Å²) in [7, 11) is 2.89. The summed E-state index contributed by atoms with van der Waals surface area (Å²) in [5.41, 5.74) is 2.91. The van der Waals surface area contributed by atoms with Gasteiger partial charge in [-0.1, -0.05) is 0 Å². The van der Waals surface area contributed by atoms with Crippen LogP contribution in [0.1, 0.15) is 27.3 Å². The van der Waals surface area contributed by atoms with Gasteiger partial charge in [0.2, 0.25) is 5.78 Å². The summed E-state index contributed by atoms with van der Waals surface area (Å²) in [6, 6.07) is 8.94. The number of methoxy groups -OCH3 is 2. The van der Waals surface area contributed by atoms with Crippen molar-refractivity contribution < 1.29 is 19.1 Å². The van der Waals surface area contributed by atoms with Crippen LogP contribution in [0.15, 0.2) is 36.5 Å². The number of aryl methyl sites for hydroxylation is 1. The predicted octanol–water partition coefficient (Wildman–Crippen LogP) is 2.83. The number of rotatable bonds is 5. The fourth-order valence-electron chi connectivity index (χ4n) is 2.74. The van der Waals surface area contributed by atoms with Crippen LogP contribution in [0.4, 0.5) is 0 Å². The first kappa shape index (κ1) is 16.7. The lowest BCUT2D eigenvalue weighted by Crippen LogP contribution is -2.11. The molecule has 1 N–H and O–H groups in total. The van der Waals surface area contributed by atoms with Crippen molar-refractivity contribution in [3.05, 3.63) is 59.0 Å². The van der Waals surface area contributed by atoms with Crippen LogP contribution in [0.3, 0.4) is 0 Å². The fraction of sp³-hybridized carbons (Fsp3) is 0.211. The van der Waals surface area contributed by atoms with E-state index in [0.29, 0.717) is 28.2 Å². The number of benzene rings is 1. The number of hydrogen-bond donors (Lipinski definition) is 1. The third-order valence-corrected chi connectivity index (χ3v) is 4.04. The molecule has 25 heavy (non-hydrogen) atoms. The van der Waals surface area contributed by atoms with Gasteiger partial charge in [0.15, 0.2) is 0 Å². The predicted molar refractivity (Wildman–Crippen MR) is 93.0 cm³/mol. The number of aromatic amines is 1. The van der Waals surface area contributed by atoms with E-state index in [4.69, 9.17) is 9.47 Å². The second-order valence-corrected chi connectivity index (χ2v) is 5.69. The van der Waals surface area contributed by atoms with Crippen LogP contribution in [-0.2, 0) is 16.0 Å². The summed E-state index contributed by atoms with van der Waals surface area (Å²) in [4.78, 5) is 32.0. The van der Waals surface area contributed by atoms with Gasteiger partial charge in [0.25, 0.3) is 0 Å². The van der Waals surface area contributed by atoms with Crippen LogP contribution < -0.4 is 4.74 Å². The summed E-state index contributed by atoms with van der Waals surface area (Å²) in [6.45, 7) is 1.89. The maximum absolute atomic E-state index is 12.9. The maximum Gasteiger partial charge on any atom is 0.310 e. The van der Waals surface area contributed by atoms with Crippen molar-refractivity contribution in [2.75, 3.05) is 14.2 Å². The molecule has 0 saturated carbocycles. The molecule has 0 unspecified atom stereocenters. The number of fused-ring (bicyclic) bond motifs is 1. The Bertz CT molecular complexity index is 959. The Labute approximate surface area is 144 Å². The van der Waals surface area contributed by atoms with Crippen LogP contribution in [0.25, 0.3) is 10.9 Å². The van der Waals surface area contributed by atoms with Crippen molar-refractivity contribution in [3.63, 3.8) is 0 Å². The van der Waals surface area contributed by atoms with E-state index in [1.807, 2.05) is 19.1 Å². The van der Waals surface area contributed by atoms with Crippen LogP contribution in [-0.4, -0.2) is 35.9 Å². The van der Waals surface area contributed by atoms with E-state index >= 15 is 0 Å². The standard InChI is InChI=1S/C19H18N2O4/c1-11-6-7-20-16(8-11)19(23)18-14(10-17(22)25-3)13-5-4-12(24-2)9-15(13)21-18/h4-9,21H,10H2,1-3H3. The Morgan fingerprint density at radius 3 is 2.64 bits per heavy atom. The normalized spacial score (nSPS) is 10.7. The van der Waals surface area contributed by atoms with Gasteiger partial charge in [0.05, 0.1) is 26.3 Å². The Morgan fingerprint density at radius 1 is 1.16 bits per heavy atom. The summed E-state index contributed by atoms with van der Waals surface area (Å²) >= 11 is 0. The topological polar surface area (TPSA) is 81.3 Å². The molecule has 3 rings (SSSR count). The third-order valence-electron chi connectivity index (χ3n) is 4.04. The van der Waals surface area contributed by atoms with Crippen molar-refractivity contribution >= 4 is 22.7 Å². The molecule has 6 nitrogen and oxygen atoms in total. The highest BCUT2D eigenvalue weighted by atomic mass is 16.5. The summed E-state index contributed by atoms with van der Waals surface area (Å²) in [5, 5.41) is 0.780. The zero-order valence-corrected chi connectivity index (χ0v) is 14.3. The molecule has 0 saturated heterocycles. The molecule has 0 fully saturated rings. The van der Waals surface area contributed by atoms with E-state index in [-0.39, 0.29) is 12.2 Å². The molecule has 6 heteroatoms. The van der Waals surface area contributed by atoms with E-state index in [2.05, 4.69) is 9.97 Å². The fourth-order valence-corrected chi connectivity index (χ4v) is 2.74. The van der Waals surface area contributed by atoms with Crippen molar-refractivity contribution in [2.45, 2.75) is 13.3 Å². The molecule has 0 bridgehead atoms. The number of H-pyrrole nitrogens is 1. The molecule has 0 aliphatic rings. The highest BCUT2D eigenvalue weighted by Gasteiger charge is 2.22. The van der Waals surface area contributed by atoms with E-state index in [0.717, 1.165) is 10.9 Å². The average molecular weight is 338 g/mol. The number of pyridine rings is 1. The van der Waals surface area contributed by atoms with Crippen LogP contribution in [0.2, 0.25) is 0 Å². The second-order valence-electron chi connectivity index (χ2n) is 5.69. The lowest BCUT2D eigenvalue weighted by atomic mass is 10.0. The minimum absolute atomic E-state index is 0.00425. The third kappa shape index (κ3) is 3.24. The molecule has 0 amide bonds. The van der Waals surface area contributed by atoms with Gasteiger partial charge >= 0.3 is 5.97 Å². The largest absolute Gasteiger partial charge is 0.497 e. The SMILES string of the molecule is COC(=O)Cc1c(C(=O)c2cc(C)ccn2)[nH]c2cc(OC)ccc12. The number of ether oxygens (including phenoxy) is 2. The number of nitrogens with one attached hydrogen (secondary N) is 1. The highest BCUT2D eigenvalue weighted by Crippen LogP contribution is 2.28. The first-order chi connectivity index (χ1) is 12.0. The van der Waals surface area contributed by atoms with Crippen LogP contribution >= 0.6 is 0 Å². The Kier molecular flexibility index (Phi) is 4.52. The smallest absolute Gasteiger partial charge is 0.310 e. The van der Waals surface area contributed by atoms with E-state index in [1.54, 1.807) is 31.5 Å². The van der Waals surface area contributed by atoms with Gasteiger partial charge in [-0.25, -0.2) is 0 Å². The van der Waals surface area contributed by atoms with Gasteiger partial charge < -0.3 is 14.5 Å². The summed E-state index contributed by atoms with van der Waals surface area (Å²) in [5.74, 6) is -0.0215. The zero-order valence-electron chi connectivity index (χ0n) is 14.3. The van der Waals surface area contributed by atoms with Crippen molar-refractivity contribution in [1.82, 2.24) is 9.97 Å². The van der Waals surface area contributed by atoms with Gasteiger partial charge in [-0.2, -0.15) is 0 Å². The Morgan fingerprint density at radius 2 is 1.96 bits per heavy atom. The Balaban J connectivity index is 2.16. The quantitative estimate of drug-likeness (QED) is 0.571. The first-order valence-corrected chi connectivity index (χ1v) is 7.76. The van der Waals surface area contributed by atoms with Crippen LogP contribution in [0, 0.1) is 6.92 Å². The number of aromatic nitrogens is 2. The minimum Gasteiger partial charge on any atom is -0.497 e. The lowest BCUT2D eigenvalue weighted by Gasteiger charge is -2.04. The number of hydrogen-bond acceptors (Lipinski definition) is 5. The number of ketones is 1. The van der Waals surface area contributed by atoms with Gasteiger partial charge in [-0.15, -0.1) is 0 Å². The summed E-state index contributed by atoms with van der Waals surface area (Å²) in [6.07, 6.45) is 1.59. The zero-order chi connectivity index (χ0) is 18.0. The minimum atomic E-state index is -0.414. The molecule has 2 heterocycles. The van der Waals surface area contributed by atoms with E-state index < -0.39 is 5.97 Å². The van der Waals surface area contributed by atoms with Gasteiger partial charge in [0, 0.05) is 28.7 Å². The molecule has 0 aliphatic heterocycles. The van der Waals surface area contributed by atoms with Gasteiger partial charge in [-0.3, -0.25) is 14.6 Å². The molecular formula is C19H18N2O4. The van der Waals surface area contributed by atoms with Gasteiger partial charge in [0.1, 0.15) is 11.4 Å². The van der Waals surface area contributed by atoms with Crippen LogP contribution in [0.5, 0.6) is 5.75 Å². The molecular weight excluding hydrogens is 320 g/mol. The number of carbonyl (C=O) groups is 2. The van der Waals surface area contributed by atoms with E-state index in [9.17, 15) is 9.59 Å². The highest BCUT2D eigenvalue weighted by molar-refractivity contribution is 6.11. The number of esters is 1. The molecule has 1 aromatic carbocycles. The second kappa shape index (κ2) is 6.76. The molecule has 0 spiro atoms. The summed E-state index contributed by atoms with van der Waals surface area (Å²) < 4.78 is 10.00. The molecule has 0 atom stereocenters. The van der Waals surface area contributed by atoms with E-state index in [1.165, 1.54) is 7.11 Å².